The standard InChI is InChI=1S/C17H21N3O2/c1-12-10-20-11-14(8-9-15(20)18-12)19-17(21)16(22-2)13-6-4-3-5-7-13/h3-7,10,14,16H,8-9,11H2,1-2H3,(H,19,21)/t14-,16-/m1/s1. The van der Waals surface area contributed by atoms with Gasteiger partial charge in [-0.25, -0.2) is 4.98 Å². The fourth-order valence-electron chi connectivity index (χ4n) is 3.00. The number of imidazole rings is 1. The van der Waals surface area contributed by atoms with Crippen molar-refractivity contribution < 1.29 is 9.53 Å². The highest BCUT2D eigenvalue weighted by Gasteiger charge is 2.25. The van der Waals surface area contributed by atoms with Crippen LogP contribution < -0.4 is 5.32 Å². The lowest BCUT2D eigenvalue weighted by molar-refractivity contribution is -0.132. The van der Waals surface area contributed by atoms with Crippen LogP contribution in [0.2, 0.25) is 0 Å². The average molecular weight is 299 g/mol. The van der Waals surface area contributed by atoms with Gasteiger partial charge in [0.1, 0.15) is 5.82 Å². The van der Waals surface area contributed by atoms with Crippen molar-refractivity contribution in [2.75, 3.05) is 7.11 Å². The van der Waals surface area contributed by atoms with Gasteiger partial charge in [-0.1, -0.05) is 30.3 Å². The second-order valence-electron chi connectivity index (χ2n) is 5.72. The minimum atomic E-state index is -0.563. The molecule has 1 aliphatic rings. The van der Waals surface area contributed by atoms with Crippen LogP contribution in [0.15, 0.2) is 36.5 Å². The number of hydrogen-bond acceptors (Lipinski definition) is 3. The van der Waals surface area contributed by atoms with E-state index >= 15 is 0 Å². The van der Waals surface area contributed by atoms with E-state index in [0.29, 0.717) is 0 Å². The van der Waals surface area contributed by atoms with E-state index in [-0.39, 0.29) is 11.9 Å². The van der Waals surface area contributed by atoms with Crippen LogP contribution in [0.3, 0.4) is 0 Å². The van der Waals surface area contributed by atoms with Crippen molar-refractivity contribution in [2.24, 2.45) is 0 Å². The minimum Gasteiger partial charge on any atom is -0.367 e. The summed E-state index contributed by atoms with van der Waals surface area (Å²) in [5, 5.41) is 3.11. The zero-order chi connectivity index (χ0) is 15.5. The van der Waals surface area contributed by atoms with Crippen molar-refractivity contribution in [3.8, 4) is 0 Å². The van der Waals surface area contributed by atoms with Gasteiger partial charge in [-0.15, -0.1) is 0 Å². The summed E-state index contributed by atoms with van der Waals surface area (Å²) in [5.74, 6) is 1.02. The van der Waals surface area contributed by atoms with Crippen LogP contribution in [0, 0.1) is 6.92 Å². The zero-order valence-electron chi connectivity index (χ0n) is 13.0. The van der Waals surface area contributed by atoms with Gasteiger partial charge < -0.3 is 14.6 Å². The number of carbonyl (C=O) groups excluding carboxylic acids is 1. The maximum atomic E-state index is 12.5. The normalized spacial score (nSPS) is 18.5. The van der Waals surface area contributed by atoms with Crippen LogP contribution in [-0.2, 0) is 22.5 Å². The third-order valence-electron chi connectivity index (χ3n) is 4.04. The van der Waals surface area contributed by atoms with Crippen LogP contribution in [0.5, 0.6) is 0 Å². The zero-order valence-corrected chi connectivity index (χ0v) is 13.0. The van der Waals surface area contributed by atoms with Crippen molar-refractivity contribution in [1.82, 2.24) is 14.9 Å². The molecular weight excluding hydrogens is 278 g/mol. The van der Waals surface area contributed by atoms with Gasteiger partial charge in [0.15, 0.2) is 6.10 Å². The number of aromatic nitrogens is 2. The van der Waals surface area contributed by atoms with Crippen LogP contribution in [-0.4, -0.2) is 28.6 Å². The molecule has 0 fully saturated rings. The Morgan fingerprint density at radius 2 is 2.18 bits per heavy atom. The third-order valence-corrected chi connectivity index (χ3v) is 4.04. The maximum Gasteiger partial charge on any atom is 0.254 e. The largest absolute Gasteiger partial charge is 0.367 e. The van der Waals surface area contributed by atoms with Crippen LogP contribution in [0.25, 0.3) is 0 Å². The first-order valence-corrected chi connectivity index (χ1v) is 7.58. The first kappa shape index (κ1) is 14.8. The van der Waals surface area contributed by atoms with Gasteiger partial charge >= 0.3 is 0 Å². The molecule has 22 heavy (non-hydrogen) atoms. The molecule has 1 amide bonds. The van der Waals surface area contributed by atoms with E-state index in [0.717, 1.165) is 36.5 Å². The SMILES string of the molecule is CO[C@@H](C(=O)N[C@@H]1CCc2nc(C)cn2C1)c1ccccc1. The topological polar surface area (TPSA) is 56.1 Å². The minimum absolute atomic E-state index is 0.0843. The Balaban J connectivity index is 1.67. The van der Waals surface area contributed by atoms with Gasteiger partial charge in [0, 0.05) is 32.3 Å². The Morgan fingerprint density at radius 3 is 2.91 bits per heavy atom. The first-order chi connectivity index (χ1) is 10.7. The number of amides is 1. The quantitative estimate of drug-likeness (QED) is 0.939. The molecule has 5 nitrogen and oxygen atoms in total. The summed E-state index contributed by atoms with van der Waals surface area (Å²) in [4.78, 5) is 17.0. The van der Waals surface area contributed by atoms with Crippen molar-refractivity contribution in [3.63, 3.8) is 0 Å². The van der Waals surface area contributed by atoms with E-state index in [1.165, 1.54) is 0 Å². The van der Waals surface area contributed by atoms with E-state index in [4.69, 9.17) is 4.74 Å². The third kappa shape index (κ3) is 3.04. The maximum absolute atomic E-state index is 12.5. The number of fused-ring (bicyclic) bond motifs is 1. The highest BCUT2D eigenvalue weighted by atomic mass is 16.5. The van der Waals surface area contributed by atoms with Gasteiger partial charge in [-0.2, -0.15) is 0 Å². The van der Waals surface area contributed by atoms with Crippen LogP contribution in [0.4, 0.5) is 0 Å². The Bertz CT molecular complexity index is 651. The average Bonchev–Trinajstić information content (AvgIpc) is 2.88. The molecule has 3 rings (SSSR count). The molecule has 1 aromatic carbocycles. The predicted molar refractivity (Wildman–Crippen MR) is 83.4 cm³/mol. The molecule has 0 saturated carbocycles. The summed E-state index contributed by atoms with van der Waals surface area (Å²) in [5.41, 5.74) is 1.90. The first-order valence-electron chi connectivity index (χ1n) is 7.58. The molecule has 0 unspecified atom stereocenters. The lowest BCUT2D eigenvalue weighted by Crippen LogP contribution is -2.43. The molecular formula is C17H21N3O2. The Hall–Kier alpha value is -2.14. The molecule has 2 atom stereocenters. The molecule has 1 aliphatic heterocycles. The van der Waals surface area contributed by atoms with Gasteiger partial charge in [0.2, 0.25) is 0 Å². The second kappa shape index (κ2) is 6.32. The number of benzene rings is 1. The van der Waals surface area contributed by atoms with Gasteiger partial charge in [0.25, 0.3) is 5.91 Å². The monoisotopic (exact) mass is 299 g/mol. The molecule has 0 spiro atoms. The fraction of sp³-hybridized carbons (Fsp3) is 0.412. The van der Waals surface area contributed by atoms with Gasteiger partial charge in [0.05, 0.1) is 5.69 Å². The molecule has 0 aliphatic carbocycles. The number of nitrogens with one attached hydrogen (secondary N) is 1. The van der Waals surface area contributed by atoms with E-state index in [1.54, 1.807) is 7.11 Å². The number of aryl methyl sites for hydroxylation is 2. The van der Waals surface area contributed by atoms with Gasteiger partial charge in [-0.3, -0.25) is 4.79 Å². The predicted octanol–water partition coefficient (Wildman–Crippen LogP) is 2.01. The molecule has 1 aromatic heterocycles. The molecule has 116 valence electrons. The molecule has 2 aromatic rings. The summed E-state index contributed by atoms with van der Waals surface area (Å²) in [7, 11) is 1.56. The Kier molecular flexibility index (Phi) is 4.24. The summed E-state index contributed by atoms with van der Waals surface area (Å²) >= 11 is 0. The smallest absolute Gasteiger partial charge is 0.254 e. The molecule has 1 N–H and O–H groups in total. The van der Waals surface area contributed by atoms with Crippen molar-refractivity contribution in [2.45, 2.75) is 38.5 Å². The number of ether oxygens (including phenoxy) is 1. The van der Waals surface area contributed by atoms with Gasteiger partial charge in [-0.05, 0) is 18.9 Å². The molecule has 0 bridgehead atoms. The van der Waals surface area contributed by atoms with E-state index in [2.05, 4.69) is 14.9 Å². The summed E-state index contributed by atoms with van der Waals surface area (Å²) in [6.07, 6.45) is 3.28. The molecule has 2 heterocycles. The van der Waals surface area contributed by atoms with Crippen LogP contribution >= 0.6 is 0 Å². The number of carbonyl (C=O) groups is 1. The fourth-order valence-corrected chi connectivity index (χ4v) is 3.00. The van der Waals surface area contributed by atoms with E-state index in [1.807, 2.05) is 43.5 Å². The van der Waals surface area contributed by atoms with Crippen molar-refractivity contribution >= 4 is 5.91 Å². The summed E-state index contributed by atoms with van der Waals surface area (Å²) < 4.78 is 7.52. The number of nitrogens with zero attached hydrogens (tertiary/aromatic N) is 2. The summed E-state index contributed by atoms with van der Waals surface area (Å²) in [6, 6.07) is 9.69. The number of hydrogen-bond donors (Lipinski definition) is 1. The van der Waals surface area contributed by atoms with E-state index in [9.17, 15) is 4.79 Å². The molecule has 5 heteroatoms. The highest BCUT2D eigenvalue weighted by molar-refractivity contribution is 5.82. The van der Waals surface area contributed by atoms with Crippen molar-refractivity contribution in [1.29, 1.82) is 0 Å². The number of methoxy groups -OCH3 is 1. The molecule has 0 saturated heterocycles. The second-order valence-corrected chi connectivity index (χ2v) is 5.72. The number of rotatable bonds is 4. The van der Waals surface area contributed by atoms with E-state index < -0.39 is 6.10 Å². The Labute approximate surface area is 130 Å². The lowest BCUT2D eigenvalue weighted by atomic mass is 10.1. The Morgan fingerprint density at radius 1 is 1.41 bits per heavy atom. The highest BCUT2D eigenvalue weighted by Crippen LogP contribution is 2.19. The molecule has 0 radical (unpaired) electrons. The summed E-state index contributed by atoms with van der Waals surface area (Å²) in [6.45, 7) is 2.77. The van der Waals surface area contributed by atoms with Crippen LogP contribution in [0.1, 0.15) is 29.6 Å². The lowest BCUT2D eigenvalue weighted by Gasteiger charge is -2.26. The van der Waals surface area contributed by atoms with Crippen molar-refractivity contribution in [3.05, 3.63) is 53.6 Å².